The zero-order chi connectivity index (χ0) is 15.7. The van der Waals surface area contributed by atoms with Gasteiger partial charge < -0.3 is 4.74 Å². The number of benzene rings is 1. The highest BCUT2D eigenvalue weighted by Gasteiger charge is 2.11. The Kier molecular flexibility index (Phi) is 7.22. The van der Waals surface area contributed by atoms with Gasteiger partial charge in [-0.1, -0.05) is 26.2 Å². The van der Waals surface area contributed by atoms with Crippen LogP contribution in [-0.2, 0) is 14.8 Å². The van der Waals surface area contributed by atoms with Crippen LogP contribution in [0.2, 0.25) is 0 Å². The molecule has 0 atom stereocenters. The second-order valence-electron chi connectivity index (χ2n) is 4.78. The predicted molar refractivity (Wildman–Crippen MR) is 84.0 cm³/mol. The van der Waals surface area contributed by atoms with Crippen molar-refractivity contribution in [2.75, 3.05) is 17.1 Å². The molecule has 0 aromatic heterocycles. The molecule has 6 heteroatoms. The van der Waals surface area contributed by atoms with Crippen LogP contribution in [0, 0.1) is 0 Å². The first-order valence-electron chi connectivity index (χ1n) is 7.26. The van der Waals surface area contributed by atoms with Gasteiger partial charge >= 0.3 is 5.97 Å². The summed E-state index contributed by atoms with van der Waals surface area (Å²) in [6, 6.07) is 6.23. The zero-order valence-electron chi connectivity index (χ0n) is 12.6. The van der Waals surface area contributed by atoms with Gasteiger partial charge in [0.1, 0.15) is 0 Å². The molecule has 0 bridgehead atoms. The van der Waals surface area contributed by atoms with Crippen LogP contribution in [0.4, 0.5) is 5.69 Å². The highest BCUT2D eigenvalue weighted by molar-refractivity contribution is 7.92. The van der Waals surface area contributed by atoms with Crippen LogP contribution in [0.1, 0.15) is 49.9 Å². The molecule has 1 aromatic carbocycles. The number of esters is 1. The highest BCUT2D eigenvalue weighted by atomic mass is 32.2. The van der Waals surface area contributed by atoms with Crippen molar-refractivity contribution in [3.8, 4) is 0 Å². The van der Waals surface area contributed by atoms with Crippen molar-refractivity contribution in [1.29, 1.82) is 0 Å². The van der Waals surface area contributed by atoms with E-state index in [4.69, 9.17) is 4.74 Å². The zero-order valence-corrected chi connectivity index (χ0v) is 13.4. The van der Waals surface area contributed by atoms with Crippen molar-refractivity contribution < 1.29 is 17.9 Å². The fraction of sp³-hybridized carbons (Fsp3) is 0.533. The van der Waals surface area contributed by atoms with Crippen LogP contribution in [-0.4, -0.2) is 26.7 Å². The first-order chi connectivity index (χ1) is 9.98. The fourth-order valence-corrected chi connectivity index (χ4v) is 3.02. The molecule has 118 valence electrons. The molecule has 0 aliphatic carbocycles. The summed E-state index contributed by atoms with van der Waals surface area (Å²) in [5, 5.41) is 0. The summed E-state index contributed by atoms with van der Waals surface area (Å²) >= 11 is 0. The minimum Gasteiger partial charge on any atom is -0.462 e. The summed E-state index contributed by atoms with van der Waals surface area (Å²) in [6.45, 7) is 4.13. The number of carbonyl (C=O) groups excluding carboxylic acids is 1. The number of unbranched alkanes of at least 4 members (excludes halogenated alkanes) is 3. The molecule has 0 radical (unpaired) electrons. The Balaban J connectivity index is 2.56. The van der Waals surface area contributed by atoms with Gasteiger partial charge in [0.05, 0.1) is 17.9 Å². The Morgan fingerprint density at radius 1 is 1.10 bits per heavy atom. The van der Waals surface area contributed by atoms with Crippen molar-refractivity contribution in [3.05, 3.63) is 29.8 Å². The third kappa shape index (κ3) is 6.62. The lowest BCUT2D eigenvalue weighted by atomic mass is 10.2. The summed E-state index contributed by atoms with van der Waals surface area (Å²) in [5.74, 6) is -0.293. The Bertz CT molecular complexity index is 537. The molecule has 5 nitrogen and oxygen atoms in total. The Morgan fingerprint density at radius 2 is 1.76 bits per heavy atom. The average molecular weight is 313 g/mol. The maximum atomic E-state index is 11.9. The first-order valence-corrected chi connectivity index (χ1v) is 8.91. The van der Waals surface area contributed by atoms with Crippen molar-refractivity contribution in [2.24, 2.45) is 0 Å². The molecular formula is C15H23NO4S. The number of hydrogen-bond donors (Lipinski definition) is 1. The molecule has 0 saturated heterocycles. The summed E-state index contributed by atoms with van der Waals surface area (Å²) in [6.07, 6.45) is 3.69. The highest BCUT2D eigenvalue weighted by Crippen LogP contribution is 2.13. The summed E-state index contributed by atoms with van der Waals surface area (Å²) in [7, 11) is -3.32. The Labute approximate surface area is 126 Å². The maximum Gasteiger partial charge on any atom is 0.338 e. The molecule has 21 heavy (non-hydrogen) atoms. The average Bonchev–Trinajstić information content (AvgIpc) is 2.44. The molecule has 0 heterocycles. The van der Waals surface area contributed by atoms with Gasteiger partial charge in [0.25, 0.3) is 0 Å². The van der Waals surface area contributed by atoms with E-state index in [0.29, 0.717) is 24.3 Å². The van der Waals surface area contributed by atoms with E-state index in [0.717, 1.165) is 19.3 Å². The largest absolute Gasteiger partial charge is 0.462 e. The lowest BCUT2D eigenvalue weighted by Crippen LogP contribution is -2.16. The molecule has 1 rings (SSSR count). The molecular weight excluding hydrogens is 290 g/mol. The molecule has 0 aliphatic rings. The number of rotatable bonds is 9. The van der Waals surface area contributed by atoms with Crippen molar-refractivity contribution >= 4 is 21.7 Å². The van der Waals surface area contributed by atoms with Gasteiger partial charge in [0.15, 0.2) is 0 Å². The molecule has 0 amide bonds. The predicted octanol–water partition coefficient (Wildman–Crippen LogP) is 3.19. The molecule has 0 saturated carbocycles. The van der Waals surface area contributed by atoms with E-state index in [2.05, 4.69) is 11.6 Å². The Morgan fingerprint density at radius 3 is 2.33 bits per heavy atom. The third-order valence-electron chi connectivity index (χ3n) is 2.94. The van der Waals surface area contributed by atoms with E-state index >= 15 is 0 Å². The van der Waals surface area contributed by atoms with Gasteiger partial charge in [0.2, 0.25) is 10.0 Å². The lowest BCUT2D eigenvalue weighted by Gasteiger charge is -2.08. The smallest absolute Gasteiger partial charge is 0.338 e. The van der Waals surface area contributed by atoms with E-state index in [1.807, 2.05) is 0 Å². The minimum absolute atomic E-state index is 0.118. The lowest BCUT2D eigenvalue weighted by molar-refractivity contribution is 0.0526. The molecule has 1 aromatic rings. The third-order valence-corrected chi connectivity index (χ3v) is 4.31. The number of sulfonamides is 1. The van der Waals surface area contributed by atoms with Gasteiger partial charge in [-0.2, -0.15) is 0 Å². The van der Waals surface area contributed by atoms with Crippen LogP contribution < -0.4 is 4.72 Å². The van der Waals surface area contributed by atoms with E-state index in [1.165, 1.54) is 0 Å². The van der Waals surface area contributed by atoms with Crippen molar-refractivity contribution in [2.45, 2.75) is 39.5 Å². The molecule has 0 fully saturated rings. The van der Waals surface area contributed by atoms with Crippen LogP contribution in [0.15, 0.2) is 24.3 Å². The molecule has 0 unspecified atom stereocenters. The quantitative estimate of drug-likeness (QED) is 0.561. The van der Waals surface area contributed by atoms with Crippen molar-refractivity contribution in [1.82, 2.24) is 0 Å². The van der Waals surface area contributed by atoms with Crippen LogP contribution in [0.3, 0.4) is 0 Å². The monoisotopic (exact) mass is 313 g/mol. The number of anilines is 1. The van der Waals surface area contributed by atoms with E-state index in [-0.39, 0.29) is 5.75 Å². The molecule has 0 spiro atoms. The molecule has 1 N–H and O–H groups in total. The summed E-state index contributed by atoms with van der Waals surface area (Å²) in [5.41, 5.74) is 0.862. The number of carbonyl (C=O) groups is 1. The van der Waals surface area contributed by atoms with E-state index < -0.39 is 16.0 Å². The second-order valence-corrected chi connectivity index (χ2v) is 6.62. The van der Waals surface area contributed by atoms with Crippen LogP contribution in [0.5, 0.6) is 0 Å². The normalized spacial score (nSPS) is 11.1. The topological polar surface area (TPSA) is 72.5 Å². The number of nitrogens with one attached hydrogen (secondary N) is 1. The van der Waals surface area contributed by atoms with Gasteiger partial charge in [-0.25, -0.2) is 13.2 Å². The number of hydrogen-bond acceptors (Lipinski definition) is 4. The van der Waals surface area contributed by atoms with Gasteiger partial charge in [-0.15, -0.1) is 0 Å². The summed E-state index contributed by atoms with van der Waals surface area (Å²) < 4.78 is 31.1. The molecule has 0 aliphatic heterocycles. The summed E-state index contributed by atoms with van der Waals surface area (Å²) in [4.78, 5) is 11.5. The maximum absolute atomic E-state index is 11.9. The first kappa shape index (κ1) is 17.5. The standard InChI is InChI=1S/C15H23NO4S/c1-3-5-6-7-12-21(18,19)16-14-10-8-13(9-11-14)15(17)20-4-2/h8-11,16H,3-7,12H2,1-2H3. The van der Waals surface area contributed by atoms with E-state index in [9.17, 15) is 13.2 Å². The van der Waals surface area contributed by atoms with Crippen molar-refractivity contribution in [3.63, 3.8) is 0 Å². The van der Waals surface area contributed by atoms with Crippen LogP contribution >= 0.6 is 0 Å². The fourth-order valence-electron chi connectivity index (χ4n) is 1.84. The van der Waals surface area contributed by atoms with E-state index in [1.54, 1.807) is 31.2 Å². The minimum atomic E-state index is -3.32. The van der Waals surface area contributed by atoms with Gasteiger partial charge in [-0.05, 0) is 37.6 Å². The number of ether oxygens (including phenoxy) is 1. The SMILES string of the molecule is CCCCCCS(=O)(=O)Nc1ccc(C(=O)OCC)cc1. The Hall–Kier alpha value is -1.56. The van der Waals surface area contributed by atoms with Crippen LogP contribution in [0.25, 0.3) is 0 Å². The van der Waals surface area contributed by atoms with Gasteiger partial charge in [-0.3, -0.25) is 4.72 Å². The second kappa shape index (κ2) is 8.67. The van der Waals surface area contributed by atoms with Gasteiger partial charge in [0, 0.05) is 5.69 Å².